The molecule has 1 aromatic carbocycles. The van der Waals surface area contributed by atoms with E-state index in [0.29, 0.717) is 18.9 Å². The van der Waals surface area contributed by atoms with E-state index in [1.807, 2.05) is 6.92 Å². The van der Waals surface area contributed by atoms with Gasteiger partial charge < -0.3 is 10.5 Å². The molecular weight excluding hydrogens is 276 g/mol. The highest BCUT2D eigenvalue weighted by atomic mass is 32.2. The minimum absolute atomic E-state index is 0.000765. The highest BCUT2D eigenvalue weighted by Crippen LogP contribution is 2.24. The van der Waals surface area contributed by atoms with Gasteiger partial charge in [0.15, 0.2) is 0 Å². The lowest BCUT2D eigenvalue weighted by Crippen LogP contribution is -2.40. The largest absolute Gasteiger partial charge is 0.398 e. The smallest absolute Gasteiger partial charge is 0.243 e. The molecule has 0 atom stereocenters. The Labute approximate surface area is 120 Å². The van der Waals surface area contributed by atoms with Crippen molar-refractivity contribution in [2.24, 2.45) is 0 Å². The standard InChI is InChI=1S/C14H22N2O3S/c1-3-11-4-5-13(10-14(11)15)20(17,18)16(2)12-6-8-19-9-7-12/h4-5,10,12H,3,6-9,15H2,1-2H3. The van der Waals surface area contributed by atoms with E-state index in [4.69, 9.17) is 10.5 Å². The molecule has 5 nitrogen and oxygen atoms in total. The Hall–Kier alpha value is -1.11. The summed E-state index contributed by atoms with van der Waals surface area (Å²) in [6.07, 6.45) is 2.26. The molecule has 1 aliphatic heterocycles. The van der Waals surface area contributed by atoms with Crippen LogP contribution >= 0.6 is 0 Å². The van der Waals surface area contributed by atoms with Crippen LogP contribution < -0.4 is 5.73 Å². The summed E-state index contributed by atoms with van der Waals surface area (Å²) in [5.74, 6) is 0. The summed E-state index contributed by atoms with van der Waals surface area (Å²) in [4.78, 5) is 0.265. The van der Waals surface area contributed by atoms with Gasteiger partial charge in [-0.05, 0) is 37.0 Å². The molecule has 6 heteroatoms. The van der Waals surface area contributed by atoms with Gasteiger partial charge in [0.1, 0.15) is 0 Å². The second kappa shape index (κ2) is 6.11. The molecule has 20 heavy (non-hydrogen) atoms. The van der Waals surface area contributed by atoms with Crippen molar-refractivity contribution in [3.05, 3.63) is 23.8 Å². The Morgan fingerprint density at radius 3 is 2.55 bits per heavy atom. The van der Waals surface area contributed by atoms with Gasteiger partial charge in [-0.3, -0.25) is 0 Å². The van der Waals surface area contributed by atoms with Crippen molar-refractivity contribution < 1.29 is 13.2 Å². The molecule has 112 valence electrons. The first-order valence-electron chi connectivity index (χ1n) is 6.91. The first-order valence-corrected chi connectivity index (χ1v) is 8.35. The van der Waals surface area contributed by atoms with Crippen LogP contribution in [0.4, 0.5) is 5.69 Å². The summed E-state index contributed by atoms with van der Waals surface area (Å²) in [6, 6.07) is 4.99. The average molecular weight is 298 g/mol. The topological polar surface area (TPSA) is 72.6 Å². The van der Waals surface area contributed by atoms with Gasteiger partial charge >= 0.3 is 0 Å². The maximum absolute atomic E-state index is 12.6. The second-order valence-electron chi connectivity index (χ2n) is 5.08. The molecule has 0 amide bonds. The summed E-state index contributed by atoms with van der Waals surface area (Å²) < 4.78 is 32.0. The monoisotopic (exact) mass is 298 g/mol. The van der Waals surface area contributed by atoms with E-state index in [2.05, 4.69) is 0 Å². The van der Waals surface area contributed by atoms with Crippen LogP contribution in [0.5, 0.6) is 0 Å². The summed E-state index contributed by atoms with van der Waals surface area (Å²) in [7, 11) is -1.85. The lowest BCUT2D eigenvalue weighted by molar-refractivity contribution is 0.0632. The number of benzene rings is 1. The molecule has 1 aromatic rings. The predicted octanol–water partition coefficient (Wildman–Crippen LogP) is 1.63. The van der Waals surface area contributed by atoms with Crippen LogP contribution in [0.2, 0.25) is 0 Å². The lowest BCUT2D eigenvalue weighted by Gasteiger charge is -2.30. The number of hydrogen-bond donors (Lipinski definition) is 1. The van der Waals surface area contributed by atoms with Crippen molar-refractivity contribution >= 4 is 15.7 Å². The van der Waals surface area contributed by atoms with Crippen LogP contribution in [0.25, 0.3) is 0 Å². The number of nitrogen functional groups attached to an aromatic ring is 1. The van der Waals surface area contributed by atoms with Crippen LogP contribution in [-0.2, 0) is 21.2 Å². The second-order valence-corrected chi connectivity index (χ2v) is 7.08. The summed E-state index contributed by atoms with van der Waals surface area (Å²) in [5.41, 5.74) is 7.41. The van der Waals surface area contributed by atoms with E-state index < -0.39 is 10.0 Å². The Kier molecular flexibility index (Phi) is 4.67. The zero-order chi connectivity index (χ0) is 14.8. The number of hydrogen-bond acceptors (Lipinski definition) is 4. The number of nitrogens with two attached hydrogens (primary N) is 1. The van der Waals surface area contributed by atoms with Crippen molar-refractivity contribution in [1.29, 1.82) is 0 Å². The van der Waals surface area contributed by atoms with Gasteiger partial charge in [0.05, 0.1) is 4.90 Å². The number of ether oxygens (including phenoxy) is 1. The van der Waals surface area contributed by atoms with E-state index in [-0.39, 0.29) is 10.9 Å². The van der Waals surface area contributed by atoms with Crippen LogP contribution in [0.1, 0.15) is 25.3 Å². The maximum Gasteiger partial charge on any atom is 0.243 e. The van der Waals surface area contributed by atoms with Gasteiger partial charge in [0.2, 0.25) is 10.0 Å². The molecule has 0 spiro atoms. The SMILES string of the molecule is CCc1ccc(S(=O)(=O)N(C)C2CCOCC2)cc1N. The third kappa shape index (κ3) is 2.97. The van der Waals surface area contributed by atoms with E-state index in [0.717, 1.165) is 24.8 Å². The molecule has 0 aromatic heterocycles. The number of rotatable bonds is 4. The molecule has 0 unspecified atom stereocenters. The lowest BCUT2D eigenvalue weighted by atomic mass is 10.1. The third-order valence-corrected chi connectivity index (χ3v) is 5.79. The molecule has 1 fully saturated rings. The summed E-state index contributed by atoms with van der Waals surface area (Å²) in [6.45, 7) is 3.22. The Balaban J connectivity index is 2.27. The highest BCUT2D eigenvalue weighted by Gasteiger charge is 2.29. The van der Waals surface area contributed by atoms with Crippen molar-refractivity contribution in [3.8, 4) is 0 Å². The highest BCUT2D eigenvalue weighted by molar-refractivity contribution is 7.89. The molecule has 0 radical (unpaired) electrons. The van der Waals surface area contributed by atoms with Gasteiger partial charge in [-0.15, -0.1) is 0 Å². The number of sulfonamides is 1. The maximum atomic E-state index is 12.6. The van der Waals surface area contributed by atoms with Crippen LogP contribution in [0.3, 0.4) is 0 Å². The fraction of sp³-hybridized carbons (Fsp3) is 0.571. The van der Waals surface area contributed by atoms with E-state index >= 15 is 0 Å². The Morgan fingerprint density at radius 2 is 2.00 bits per heavy atom. The quantitative estimate of drug-likeness (QED) is 0.858. The molecule has 1 heterocycles. The number of anilines is 1. The van der Waals surface area contributed by atoms with Gasteiger partial charge in [-0.2, -0.15) is 4.31 Å². The molecule has 0 aliphatic carbocycles. The summed E-state index contributed by atoms with van der Waals surface area (Å²) >= 11 is 0. The molecule has 1 aliphatic rings. The Bertz CT molecular complexity index is 566. The van der Waals surface area contributed by atoms with E-state index in [1.54, 1.807) is 25.2 Å². The van der Waals surface area contributed by atoms with E-state index in [9.17, 15) is 8.42 Å². The molecular formula is C14H22N2O3S. The average Bonchev–Trinajstić information content (AvgIpc) is 2.47. The van der Waals surface area contributed by atoms with Crippen molar-refractivity contribution in [2.45, 2.75) is 37.1 Å². The fourth-order valence-corrected chi connectivity index (χ4v) is 3.92. The molecule has 0 bridgehead atoms. The van der Waals surface area contributed by atoms with Crippen molar-refractivity contribution in [2.75, 3.05) is 26.0 Å². The number of nitrogens with zero attached hydrogens (tertiary/aromatic N) is 1. The van der Waals surface area contributed by atoms with E-state index in [1.165, 1.54) is 4.31 Å². The molecule has 2 N–H and O–H groups in total. The fourth-order valence-electron chi connectivity index (χ4n) is 2.47. The minimum Gasteiger partial charge on any atom is -0.398 e. The van der Waals surface area contributed by atoms with Gasteiger partial charge in [0, 0.05) is 32.0 Å². The first kappa shape index (κ1) is 15.3. The third-order valence-electron chi connectivity index (χ3n) is 3.88. The van der Waals surface area contributed by atoms with Gasteiger partial charge in [-0.1, -0.05) is 13.0 Å². The zero-order valence-electron chi connectivity index (χ0n) is 12.0. The van der Waals surface area contributed by atoms with Crippen molar-refractivity contribution in [3.63, 3.8) is 0 Å². The molecule has 1 saturated heterocycles. The normalized spacial score (nSPS) is 17.6. The molecule has 2 rings (SSSR count). The zero-order valence-corrected chi connectivity index (χ0v) is 12.8. The predicted molar refractivity (Wildman–Crippen MR) is 79.0 cm³/mol. The Morgan fingerprint density at radius 1 is 1.35 bits per heavy atom. The van der Waals surface area contributed by atoms with Gasteiger partial charge in [0.25, 0.3) is 0 Å². The van der Waals surface area contributed by atoms with Crippen LogP contribution in [-0.4, -0.2) is 39.0 Å². The van der Waals surface area contributed by atoms with Gasteiger partial charge in [-0.25, -0.2) is 8.42 Å². The number of aryl methyl sites for hydroxylation is 1. The summed E-state index contributed by atoms with van der Waals surface area (Å²) in [5, 5.41) is 0. The minimum atomic E-state index is -3.49. The molecule has 0 saturated carbocycles. The first-order chi connectivity index (χ1) is 9.46. The van der Waals surface area contributed by atoms with Crippen LogP contribution in [0, 0.1) is 0 Å². The van der Waals surface area contributed by atoms with Crippen LogP contribution in [0.15, 0.2) is 23.1 Å². The van der Waals surface area contributed by atoms with Crippen molar-refractivity contribution in [1.82, 2.24) is 4.31 Å².